The minimum atomic E-state index is -3.54. The molecule has 6 nitrogen and oxygen atoms in total. The maximum atomic E-state index is 13.0. The van der Waals surface area contributed by atoms with Crippen LogP contribution in [-0.4, -0.2) is 62.4 Å². The van der Waals surface area contributed by atoms with Crippen LogP contribution in [0, 0.1) is 20.8 Å². The summed E-state index contributed by atoms with van der Waals surface area (Å²) in [4.78, 5) is 14.5. The van der Waals surface area contributed by atoms with E-state index in [-0.39, 0.29) is 12.0 Å². The maximum absolute atomic E-state index is 13.0. The molecule has 2 saturated heterocycles. The Morgan fingerprint density at radius 3 is 2.28 bits per heavy atom. The number of carbonyl (C=O) groups excluding carboxylic acids is 1. The molecule has 7 heteroatoms. The lowest BCUT2D eigenvalue weighted by molar-refractivity contribution is -0.142. The molecule has 2 heterocycles. The molecule has 0 bridgehead atoms. The highest BCUT2D eigenvalue weighted by atomic mass is 32.2. The van der Waals surface area contributed by atoms with E-state index in [0.717, 1.165) is 29.5 Å². The summed E-state index contributed by atoms with van der Waals surface area (Å²) < 4.78 is 32.9. The Morgan fingerprint density at radius 1 is 1.04 bits per heavy atom. The standard InChI is InChI=1S/C18H26N2O4S/c1-13-11-15(3)17(12-14(13)2)25(22,23)20-8-6-19(7-9-20)18(21)16-5-4-10-24-16/h11-12,16H,4-10H2,1-3H3. The van der Waals surface area contributed by atoms with Gasteiger partial charge in [-0.1, -0.05) is 6.07 Å². The second kappa shape index (κ2) is 7.05. The lowest BCUT2D eigenvalue weighted by atomic mass is 10.1. The highest BCUT2D eigenvalue weighted by molar-refractivity contribution is 7.89. The summed E-state index contributed by atoms with van der Waals surface area (Å²) in [6.07, 6.45) is 1.33. The molecule has 2 aliphatic rings. The molecule has 25 heavy (non-hydrogen) atoms. The van der Waals surface area contributed by atoms with Crippen molar-refractivity contribution in [2.45, 2.75) is 44.6 Å². The van der Waals surface area contributed by atoms with Crippen molar-refractivity contribution in [3.63, 3.8) is 0 Å². The summed E-state index contributed by atoms with van der Waals surface area (Å²) in [5.41, 5.74) is 2.82. The molecule has 138 valence electrons. The summed E-state index contributed by atoms with van der Waals surface area (Å²) in [6, 6.07) is 3.67. The Labute approximate surface area is 149 Å². The molecule has 1 aromatic carbocycles. The van der Waals surface area contributed by atoms with Crippen LogP contribution in [0.2, 0.25) is 0 Å². The van der Waals surface area contributed by atoms with Crippen LogP contribution in [0.5, 0.6) is 0 Å². The molecule has 1 atom stereocenters. The predicted octanol–water partition coefficient (Wildman–Crippen LogP) is 1.62. The molecule has 0 N–H and O–H groups in total. The number of carbonyl (C=O) groups is 1. The highest BCUT2D eigenvalue weighted by Crippen LogP contribution is 2.25. The predicted molar refractivity (Wildman–Crippen MR) is 95.0 cm³/mol. The van der Waals surface area contributed by atoms with E-state index in [1.165, 1.54) is 4.31 Å². The molecular formula is C18H26N2O4S. The van der Waals surface area contributed by atoms with Gasteiger partial charge >= 0.3 is 0 Å². The lowest BCUT2D eigenvalue weighted by Gasteiger charge is -2.35. The molecule has 1 aromatic rings. The third-order valence-corrected chi connectivity index (χ3v) is 7.21. The fourth-order valence-corrected chi connectivity index (χ4v) is 5.19. The summed E-state index contributed by atoms with van der Waals surface area (Å²) in [5.74, 6) is -0.00286. The van der Waals surface area contributed by atoms with Gasteiger partial charge in [0, 0.05) is 32.8 Å². The lowest BCUT2D eigenvalue weighted by Crippen LogP contribution is -2.52. The number of sulfonamides is 1. The Bertz CT molecular complexity index is 762. The molecule has 3 rings (SSSR count). The molecule has 0 radical (unpaired) electrons. The second-order valence-corrected chi connectivity index (χ2v) is 8.84. The molecule has 2 aliphatic heterocycles. The van der Waals surface area contributed by atoms with Gasteiger partial charge in [-0.3, -0.25) is 4.79 Å². The number of amides is 1. The number of ether oxygens (including phenoxy) is 1. The average molecular weight is 366 g/mol. The van der Waals surface area contributed by atoms with Crippen LogP contribution in [-0.2, 0) is 19.6 Å². The van der Waals surface area contributed by atoms with Crippen molar-refractivity contribution in [1.29, 1.82) is 0 Å². The number of hydrogen-bond acceptors (Lipinski definition) is 4. The van der Waals surface area contributed by atoms with E-state index in [4.69, 9.17) is 4.74 Å². The highest BCUT2D eigenvalue weighted by Gasteiger charge is 2.34. The zero-order valence-corrected chi connectivity index (χ0v) is 15.9. The number of aryl methyl sites for hydroxylation is 3. The van der Waals surface area contributed by atoms with Gasteiger partial charge in [-0.05, 0) is 56.4 Å². The van der Waals surface area contributed by atoms with E-state index >= 15 is 0 Å². The zero-order valence-electron chi connectivity index (χ0n) is 15.1. The summed E-state index contributed by atoms with van der Waals surface area (Å²) in [5, 5.41) is 0. The number of rotatable bonds is 3. The minimum Gasteiger partial charge on any atom is -0.368 e. The van der Waals surface area contributed by atoms with Crippen LogP contribution in [0.1, 0.15) is 29.5 Å². The van der Waals surface area contributed by atoms with Gasteiger partial charge in [0.25, 0.3) is 5.91 Å². The summed E-state index contributed by atoms with van der Waals surface area (Å²) in [6.45, 7) is 7.86. The van der Waals surface area contributed by atoms with Crippen molar-refractivity contribution in [3.05, 3.63) is 28.8 Å². The van der Waals surface area contributed by atoms with Crippen LogP contribution in [0.3, 0.4) is 0 Å². The largest absolute Gasteiger partial charge is 0.368 e. The SMILES string of the molecule is Cc1cc(C)c(S(=O)(=O)N2CCN(C(=O)C3CCCO3)CC2)cc1C. The summed E-state index contributed by atoms with van der Waals surface area (Å²) >= 11 is 0. The minimum absolute atomic E-state index is 0.00286. The molecule has 0 saturated carbocycles. The first-order chi connectivity index (χ1) is 11.8. The Kier molecular flexibility index (Phi) is 5.18. The topological polar surface area (TPSA) is 66.9 Å². The van der Waals surface area contributed by atoms with E-state index in [1.54, 1.807) is 11.0 Å². The molecule has 0 spiro atoms. The molecule has 0 aliphatic carbocycles. The van der Waals surface area contributed by atoms with Crippen molar-refractivity contribution >= 4 is 15.9 Å². The fourth-order valence-electron chi connectivity index (χ4n) is 3.48. The first kappa shape index (κ1) is 18.4. The van der Waals surface area contributed by atoms with Crippen molar-refractivity contribution in [2.75, 3.05) is 32.8 Å². The fraction of sp³-hybridized carbons (Fsp3) is 0.611. The van der Waals surface area contributed by atoms with Gasteiger partial charge in [-0.2, -0.15) is 4.31 Å². The third kappa shape index (κ3) is 3.59. The number of hydrogen-bond donors (Lipinski definition) is 0. The van der Waals surface area contributed by atoms with Gasteiger partial charge in [0.05, 0.1) is 4.90 Å². The smallest absolute Gasteiger partial charge is 0.251 e. The summed E-state index contributed by atoms with van der Waals surface area (Å²) in [7, 11) is -3.54. The van der Waals surface area contributed by atoms with Gasteiger partial charge in [0.15, 0.2) is 0 Å². The van der Waals surface area contributed by atoms with Gasteiger partial charge in [0.1, 0.15) is 6.10 Å². The van der Waals surface area contributed by atoms with Gasteiger partial charge in [0.2, 0.25) is 10.0 Å². The molecule has 0 aromatic heterocycles. The normalized spacial score (nSPS) is 22.4. The molecule has 2 fully saturated rings. The average Bonchev–Trinajstić information content (AvgIpc) is 3.12. The number of benzene rings is 1. The molecule has 1 amide bonds. The Hall–Kier alpha value is -1.44. The Morgan fingerprint density at radius 2 is 1.68 bits per heavy atom. The van der Waals surface area contributed by atoms with Crippen LogP contribution >= 0.6 is 0 Å². The van der Waals surface area contributed by atoms with E-state index in [9.17, 15) is 13.2 Å². The van der Waals surface area contributed by atoms with Crippen molar-refractivity contribution < 1.29 is 17.9 Å². The third-order valence-electron chi connectivity index (χ3n) is 5.16. The Balaban J connectivity index is 1.71. The monoisotopic (exact) mass is 366 g/mol. The van der Waals surface area contributed by atoms with E-state index in [1.807, 2.05) is 26.8 Å². The van der Waals surface area contributed by atoms with Gasteiger partial charge < -0.3 is 9.64 Å². The quantitative estimate of drug-likeness (QED) is 0.815. The van der Waals surface area contributed by atoms with E-state index in [0.29, 0.717) is 37.7 Å². The van der Waals surface area contributed by atoms with E-state index < -0.39 is 10.0 Å². The van der Waals surface area contributed by atoms with Crippen LogP contribution in [0.25, 0.3) is 0 Å². The van der Waals surface area contributed by atoms with Gasteiger partial charge in [-0.15, -0.1) is 0 Å². The van der Waals surface area contributed by atoms with Crippen molar-refractivity contribution in [2.24, 2.45) is 0 Å². The second-order valence-electron chi connectivity index (χ2n) is 6.93. The van der Waals surface area contributed by atoms with Crippen molar-refractivity contribution in [1.82, 2.24) is 9.21 Å². The zero-order chi connectivity index (χ0) is 18.2. The number of nitrogens with zero attached hydrogens (tertiary/aromatic N) is 2. The first-order valence-electron chi connectivity index (χ1n) is 8.79. The maximum Gasteiger partial charge on any atom is 0.251 e. The molecular weight excluding hydrogens is 340 g/mol. The number of piperazine rings is 1. The first-order valence-corrected chi connectivity index (χ1v) is 10.2. The van der Waals surface area contributed by atoms with Gasteiger partial charge in [-0.25, -0.2) is 8.42 Å². The van der Waals surface area contributed by atoms with Crippen LogP contribution in [0.4, 0.5) is 0 Å². The molecule has 1 unspecified atom stereocenters. The van der Waals surface area contributed by atoms with Crippen LogP contribution in [0.15, 0.2) is 17.0 Å². The van der Waals surface area contributed by atoms with E-state index in [2.05, 4.69) is 0 Å². The van der Waals surface area contributed by atoms with Crippen LogP contribution < -0.4 is 0 Å². The van der Waals surface area contributed by atoms with Crippen molar-refractivity contribution in [3.8, 4) is 0 Å².